The lowest BCUT2D eigenvalue weighted by atomic mass is 9.99. The minimum atomic E-state index is -1.25. The molecule has 6 heteroatoms. The molecule has 0 fully saturated rings. The Morgan fingerprint density at radius 2 is 2.00 bits per heavy atom. The second-order valence-corrected chi connectivity index (χ2v) is 5.02. The van der Waals surface area contributed by atoms with Crippen LogP contribution < -0.4 is 5.32 Å². The Labute approximate surface area is 122 Å². The van der Waals surface area contributed by atoms with Gasteiger partial charge in [-0.15, -0.1) is 0 Å². The number of aliphatic hydroxyl groups is 1. The zero-order valence-corrected chi connectivity index (χ0v) is 12.0. The van der Waals surface area contributed by atoms with Crippen LogP contribution in [0.25, 0.3) is 0 Å². The number of aromatic nitrogens is 2. The van der Waals surface area contributed by atoms with Gasteiger partial charge in [-0.2, -0.15) is 5.10 Å². The van der Waals surface area contributed by atoms with E-state index in [2.05, 4.69) is 15.5 Å². The van der Waals surface area contributed by atoms with E-state index in [-0.39, 0.29) is 5.56 Å². The Morgan fingerprint density at radius 1 is 1.33 bits per heavy atom. The van der Waals surface area contributed by atoms with Crippen molar-refractivity contribution in [1.29, 1.82) is 0 Å². The molecular formula is C15H19F2N3O. The molecule has 2 atom stereocenters. The first-order valence-corrected chi connectivity index (χ1v) is 6.89. The summed E-state index contributed by atoms with van der Waals surface area (Å²) in [6.07, 6.45) is -0.727. The van der Waals surface area contributed by atoms with Gasteiger partial charge >= 0.3 is 0 Å². The summed E-state index contributed by atoms with van der Waals surface area (Å²) >= 11 is 0. The number of aromatic amines is 1. The van der Waals surface area contributed by atoms with E-state index in [9.17, 15) is 13.9 Å². The summed E-state index contributed by atoms with van der Waals surface area (Å²) in [7, 11) is 0. The summed E-state index contributed by atoms with van der Waals surface area (Å²) in [5.41, 5.74) is 1.42. The molecule has 0 spiro atoms. The molecule has 114 valence electrons. The van der Waals surface area contributed by atoms with Gasteiger partial charge in [0.25, 0.3) is 0 Å². The summed E-state index contributed by atoms with van der Waals surface area (Å²) in [5.74, 6) is -1.48. The molecule has 0 aliphatic carbocycles. The first-order valence-electron chi connectivity index (χ1n) is 6.89. The molecule has 0 aliphatic heterocycles. The Bertz CT molecular complexity index is 580. The zero-order valence-electron chi connectivity index (χ0n) is 12.0. The number of rotatable bonds is 6. The van der Waals surface area contributed by atoms with Crippen LogP contribution in [0.2, 0.25) is 0 Å². The van der Waals surface area contributed by atoms with Gasteiger partial charge in [-0.1, -0.05) is 13.0 Å². The first-order chi connectivity index (χ1) is 10.0. The molecule has 2 unspecified atom stereocenters. The largest absolute Gasteiger partial charge is 0.387 e. The fraction of sp³-hybridized carbons (Fsp3) is 0.400. The van der Waals surface area contributed by atoms with Crippen LogP contribution in [0.3, 0.4) is 0 Å². The summed E-state index contributed by atoms with van der Waals surface area (Å²) in [4.78, 5) is 0. The van der Waals surface area contributed by atoms with Crippen molar-refractivity contribution in [2.45, 2.75) is 39.0 Å². The molecule has 0 amide bonds. The van der Waals surface area contributed by atoms with Gasteiger partial charge in [-0.3, -0.25) is 5.10 Å². The zero-order chi connectivity index (χ0) is 15.4. The van der Waals surface area contributed by atoms with Gasteiger partial charge in [-0.25, -0.2) is 8.78 Å². The highest BCUT2D eigenvalue weighted by molar-refractivity contribution is 5.23. The van der Waals surface area contributed by atoms with Crippen molar-refractivity contribution in [3.63, 3.8) is 0 Å². The SMILES string of the molecule is CCC(NCc1cc(C)[nH]n1)C(O)c1c(F)cccc1F. The maximum absolute atomic E-state index is 13.7. The highest BCUT2D eigenvalue weighted by atomic mass is 19.1. The van der Waals surface area contributed by atoms with Crippen molar-refractivity contribution in [3.05, 3.63) is 52.9 Å². The number of hydrogen-bond donors (Lipinski definition) is 3. The number of halogens is 2. The second kappa shape index (κ2) is 6.78. The average molecular weight is 295 g/mol. The van der Waals surface area contributed by atoms with Crippen LogP contribution in [0.4, 0.5) is 8.78 Å². The van der Waals surface area contributed by atoms with Crippen molar-refractivity contribution in [3.8, 4) is 0 Å². The lowest BCUT2D eigenvalue weighted by Gasteiger charge is -2.23. The molecule has 21 heavy (non-hydrogen) atoms. The van der Waals surface area contributed by atoms with Crippen LogP contribution in [0.15, 0.2) is 24.3 Å². The molecule has 0 saturated carbocycles. The van der Waals surface area contributed by atoms with E-state index in [1.807, 2.05) is 19.9 Å². The molecule has 1 aromatic carbocycles. The lowest BCUT2D eigenvalue weighted by molar-refractivity contribution is 0.117. The fourth-order valence-electron chi connectivity index (χ4n) is 2.27. The molecule has 2 rings (SSSR count). The minimum Gasteiger partial charge on any atom is -0.387 e. The van der Waals surface area contributed by atoms with Gasteiger partial charge in [0.2, 0.25) is 0 Å². The average Bonchev–Trinajstić information content (AvgIpc) is 2.85. The number of aryl methyl sites for hydroxylation is 1. The molecule has 4 nitrogen and oxygen atoms in total. The van der Waals surface area contributed by atoms with E-state index in [1.165, 1.54) is 6.07 Å². The lowest BCUT2D eigenvalue weighted by Crippen LogP contribution is -2.35. The first kappa shape index (κ1) is 15.6. The Balaban J connectivity index is 2.09. The van der Waals surface area contributed by atoms with Crippen LogP contribution >= 0.6 is 0 Å². The summed E-state index contributed by atoms with van der Waals surface area (Å²) < 4.78 is 27.4. The normalized spacial score (nSPS) is 14.1. The monoisotopic (exact) mass is 295 g/mol. The molecule has 0 aliphatic rings. The molecular weight excluding hydrogens is 276 g/mol. The Kier molecular flexibility index (Phi) is 5.03. The highest BCUT2D eigenvalue weighted by Gasteiger charge is 2.25. The van der Waals surface area contributed by atoms with Crippen molar-refractivity contribution >= 4 is 0 Å². The van der Waals surface area contributed by atoms with Gasteiger partial charge < -0.3 is 10.4 Å². The van der Waals surface area contributed by atoms with Crippen molar-refractivity contribution in [2.75, 3.05) is 0 Å². The number of hydrogen-bond acceptors (Lipinski definition) is 3. The molecule has 3 N–H and O–H groups in total. The van der Waals surface area contributed by atoms with Crippen LogP contribution in [0.1, 0.15) is 36.4 Å². The second-order valence-electron chi connectivity index (χ2n) is 5.02. The van der Waals surface area contributed by atoms with Crippen molar-refractivity contribution in [1.82, 2.24) is 15.5 Å². The Morgan fingerprint density at radius 3 is 2.52 bits per heavy atom. The maximum Gasteiger partial charge on any atom is 0.132 e. The van der Waals surface area contributed by atoms with E-state index in [1.54, 1.807) is 0 Å². The third-order valence-electron chi connectivity index (χ3n) is 3.42. The van der Waals surface area contributed by atoms with E-state index in [0.29, 0.717) is 13.0 Å². The van der Waals surface area contributed by atoms with E-state index >= 15 is 0 Å². The topological polar surface area (TPSA) is 60.9 Å². The minimum absolute atomic E-state index is 0.296. The summed E-state index contributed by atoms with van der Waals surface area (Å²) in [6, 6.07) is 4.97. The van der Waals surface area contributed by atoms with Gasteiger partial charge in [0.05, 0.1) is 17.4 Å². The fourth-order valence-corrected chi connectivity index (χ4v) is 2.27. The predicted octanol–water partition coefficient (Wildman–Crippen LogP) is 2.60. The number of aliphatic hydroxyl groups excluding tert-OH is 1. The van der Waals surface area contributed by atoms with Crippen LogP contribution in [0, 0.1) is 18.6 Å². The molecule has 0 saturated heterocycles. The van der Waals surface area contributed by atoms with E-state index in [0.717, 1.165) is 23.5 Å². The smallest absolute Gasteiger partial charge is 0.132 e. The van der Waals surface area contributed by atoms with Crippen LogP contribution in [-0.4, -0.2) is 21.3 Å². The van der Waals surface area contributed by atoms with Crippen LogP contribution in [0.5, 0.6) is 0 Å². The van der Waals surface area contributed by atoms with Gasteiger partial charge in [-0.05, 0) is 31.5 Å². The van der Waals surface area contributed by atoms with Crippen molar-refractivity contribution in [2.24, 2.45) is 0 Å². The highest BCUT2D eigenvalue weighted by Crippen LogP contribution is 2.24. The van der Waals surface area contributed by atoms with Crippen molar-refractivity contribution < 1.29 is 13.9 Å². The number of H-pyrrole nitrogens is 1. The number of benzene rings is 1. The van der Waals surface area contributed by atoms with Crippen LogP contribution in [-0.2, 0) is 6.54 Å². The molecule has 2 aromatic rings. The van der Waals surface area contributed by atoms with Gasteiger partial charge in [0, 0.05) is 18.3 Å². The molecule has 1 aromatic heterocycles. The van der Waals surface area contributed by atoms with E-state index < -0.39 is 23.8 Å². The third kappa shape index (κ3) is 3.65. The van der Waals surface area contributed by atoms with Gasteiger partial charge in [0.1, 0.15) is 11.6 Å². The molecule has 0 bridgehead atoms. The molecule has 0 radical (unpaired) electrons. The maximum atomic E-state index is 13.7. The summed E-state index contributed by atoms with van der Waals surface area (Å²) in [6.45, 7) is 4.14. The standard InChI is InChI=1S/C15H19F2N3O/c1-3-13(18-8-10-7-9(2)19-20-10)15(21)14-11(16)5-4-6-12(14)17/h4-7,13,15,18,21H,3,8H2,1-2H3,(H,19,20). The predicted molar refractivity (Wildman–Crippen MR) is 75.6 cm³/mol. The van der Waals surface area contributed by atoms with E-state index in [4.69, 9.17) is 0 Å². The third-order valence-corrected chi connectivity index (χ3v) is 3.42. The summed E-state index contributed by atoms with van der Waals surface area (Å²) in [5, 5.41) is 20.2. The number of nitrogens with zero attached hydrogens (tertiary/aromatic N) is 1. The van der Waals surface area contributed by atoms with Gasteiger partial charge in [0.15, 0.2) is 0 Å². The quantitative estimate of drug-likeness (QED) is 0.767. The Hall–Kier alpha value is -1.79. The molecule has 1 heterocycles. The number of nitrogens with one attached hydrogen (secondary N) is 2.